The average Bonchev–Trinajstić information content (AvgIpc) is 3.55. The fourth-order valence-corrected chi connectivity index (χ4v) is 4.46. The number of carbonyl (C=O) groups is 2. The fraction of sp³-hybridized carbons (Fsp3) is 0.312. The van der Waals surface area contributed by atoms with Crippen molar-refractivity contribution >= 4 is 34.0 Å². The average molecular weight is 569 g/mol. The largest absolute Gasteiger partial charge is 0.444 e. The number of alkyl carbamates (subject to hydrolysis) is 2. The number of hydrogen-bond donors (Lipinski definition) is 4. The van der Waals surface area contributed by atoms with Crippen molar-refractivity contribution in [3.63, 3.8) is 0 Å². The third kappa shape index (κ3) is 7.25. The first-order chi connectivity index (χ1) is 19.8. The van der Waals surface area contributed by atoms with Crippen LogP contribution in [-0.2, 0) is 22.6 Å². The zero-order valence-electron chi connectivity index (χ0n) is 24.7. The first-order valence-corrected chi connectivity index (χ1v) is 13.8. The van der Waals surface area contributed by atoms with Crippen LogP contribution in [0.4, 0.5) is 9.59 Å². The molecule has 5 aromatic rings. The van der Waals surface area contributed by atoms with Crippen molar-refractivity contribution in [2.45, 2.75) is 65.8 Å². The number of imidazole rings is 2. The number of fused-ring (bicyclic) bond motifs is 2. The van der Waals surface area contributed by atoms with E-state index in [4.69, 9.17) is 9.47 Å². The molecular formula is C32H36N6O4. The lowest BCUT2D eigenvalue weighted by Crippen LogP contribution is -2.32. The van der Waals surface area contributed by atoms with Crippen LogP contribution < -0.4 is 10.6 Å². The van der Waals surface area contributed by atoms with Crippen molar-refractivity contribution < 1.29 is 19.1 Å². The molecule has 218 valence electrons. The first-order valence-electron chi connectivity index (χ1n) is 13.8. The summed E-state index contributed by atoms with van der Waals surface area (Å²) in [6, 6.07) is 18.7. The summed E-state index contributed by atoms with van der Waals surface area (Å²) >= 11 is 0. The van der Waals surface area contributed by atoms with Crippen LogP contribution in [0.3, 0.4) is 0 Å². The van der Waals surface area contributed by atoms with Gasteiger partial charge < -0.3 is 30.1 Å². The lowest BCUT2D eigenvalue weighted by atomic mass is 9.99. The molecular weight excluding hydrogens is 532 g/mol. The van der Waals surface area contributed by atoms with Crippen molar-refractivity contribution in [2.75, 3.05) is 0 Å². The summed E-state index contributed by atoms with van der Waals surface area (Å²) < 4.78 is 10.6. The van der Waals surface area contributed by atoms with E-state index in [1.54, 1.807) is 6.20 Å². The van der Waals surface area contributed by atoms with Gasteiger partial charge in [0, 0.05) is 5.56 Å². The fourth-order valence-electron chi connectivity index (χ4n) is 4.46. The van der Waals surface area contributed by atoms with Crippen LogP contribution in [0.15, 0.2) is 60.8 Å². The number of hydrogen-bond acceptors (Lipinski definition) is 6. The molecule has 0 aliphatic heterocycles. The van der Waals surface area contributed by atoms with Crippen molar-refractivity contribution in [2.24, 2.45) is 0 Å². The molecule has 4 N–H and O–H groups in total. The van der Waals surface area contributed by atoms with Crippen molar-refractivity contribution in [1.82, 2.24) is 30.6 Å². The van der Waals surface area contributed by atoms with E-state index in [0.29, 0.717) is 11.6 Å². The van der Waals surface area contributed by atoms with Gasteiger partial charge in [0.25, 0.3) is 0 Å². The first kappa shape index (κ1) is 28.7. The Morgan fingerprint density at radius 3 is 1.90 bits per heavy atom. The Kier molecular flexibility index (Phi) is 7.64. The summed E-state index contributed by atoms with van der Waals surface area (Å²) in [4.78, 5) is 39.5. The van der Waals surface area contributed by atoms with Crippen molar-refractivity contribution in [3.05, 3.63) is 72.4 Å². The van der Waals surface area contributed by atoms with Gasteiger partial charge >= 0.3 is 12.2 Å². The lowest BCUT2D eigenvalue weighted by molar-refractivity contribution is 0.0511. The number of ether oxygens (including phenoxy) is 2. The number of nitrogens with one attached hydrogen (secondary N) is 4. The van der Waals surface area contributed by atoms with E-state index >= 15 is 0 Å². The number of aromatic amines is 2. The van der Waals surface area contributed by atoms with Crippen LogP contribution >= 0.6 is 0 Å². The summed E-state index contributed by atoms with van der Waals surface area (Å²) in [6.45, 7) is 11.4. The van der Waals surface area contributed by atoms with Crippen LogP contribution in [0.2, 0.25) is 0 Å². The molecule has 0 saturated heterocycles. The summed E-state index contributed by atoms with van der Waals surface area (Å²) in [6.07, 6.45) is 0.800. The number of rotatable bonds is 6. The zero-order valence-corrected chi connectivity index (χ0v) is 24.7. The van der Waals surface area contributed by atoms with Gasteiger partial charge in [-0.25, -0.2) is 19.6 Å². The van der Waals surface area contributed by atoms with Gasteiger partial charge in [0.15, 0.2) is 0 Å². The van der Waals surface area contributed by atoms with Gasteiger partial charge in [-0.1, -0.05) is 30.3 Å². The van der Waals surface area contributed by atoms with E-state index in [1.807, 2.05) is 59.7 Å². The topological polar surface area (TPSA) is 134 Å². The van der Waals surface area contributed by atoms with Gasteiger partial charge in [-0.3, -0.25) is 0 Å². The van der Waals surface area contributed by atoms with Crippen LogP contribution in [0.25, 0.3) is 44.2 Å². The summed E-state index contributed by atoms with van der Waals surface area (Å²) in [5, 5.41) is 7.66. The second kappa shape index (κ2) is 11.2. The molecule has 0 bridgehead atoms. The third-order valence-corrected chi connectivity index (χ3v) is 6.24. The predicted molar refractivity (Wildman–Crippen MR) is 163 cm³/mol. The Labute approximate surface area is 244 Å². The smallest absolute Gasteiger partial charge is 0.408 e. The Balaban J connectivity index is 1.27. The highest BCUT2D eigenvalue weighted by molar-refractivity contribution is 5.91. The number of aromatic nitrogens is 4. The highest BCUT2D eigenvalue weighted by Gasteiger charge is 2.17. The highest BCUT2D eigenvalue weighted by Crippen LogP contribution is 2.29. The number of benzene rings is 3. The van der Waals surface area contributed by atoms with Gasteiger partial charge in [0.1, 0.15) is 22.9 Å². The minimum absolute atomic E-state index is 0.244. The van der Waals surface area contributed by atoms with Crippen LogP contribution in [0, 0.1) is 0 Å². The molecule has 2 heterocycles. The molecule has 0 saturated carbocycles. The standard InChI is InChI=1S/C32H36N6O4/c1-31(2,3)41-29(39)34-17-27-33-16-26(38-27)23-10-9-19-13-20(7-8-21(19)14-23)22-11-12-24-25(15-22)37-28(36-24)18-35-30(40)42-32(4,5)6/h7-16H,17-18H2,1-6H3,(H,33,38)(H,34,39)(H,35,40)(H,36,37). The number of amides is 2. The molecule has 42 heavy (non-hydrogen) atoms. The maximum Gasteiger partial charge on any atom is 0.408 e. The number of nitrogens with zero attached hydrogens (tertiary/aromatic N) is 2. The molecule has 0 unspecified atom stereocenters. The molecule has 0 atom stereocenters. The van der Waals surface area contributed by atoms with Gasteiger partial charge in [0.05, 0.1) is 36.0 Å². The molecule has 0 aliphatic rings. The number of carbonyl (C=O) groups excluding carboxylic acids is 2. The normalized spacial score (nSPS) is 12.0. The molecule has 0 aliphatic carbocycles. The van der Waals surface area contributed by atoms with Crippen molar-refractivity contribution in [1.29, 1.82) is 0 Å². The molecule has 10 nitrogen and oxygen atoms in total. The molecule has 2 aromatic heterocycles. The van der Waals surface area contributed by atoms with E-state index < -0.39 is 23.4 Å². The van der Waals surface area contributed by atoms with Gasteiger partial charge in [0.2, 0.25) is 0 Å². The Hall–Kier alpha value is -4.86. The minimum Gasteiger partial charge on any atom is -0.444 e. The lowest BCUT2D eigenvalue weighted by Gasteiger charge is -2.19. The second-order valence-corrected chi connectivity index (χ2v) is 12.1. The van der Waals surface area contributed by atoms with E-state index in [-0.39, 0.29) is 13.1 Å². The van der Waals surface area contributed by atoms with E-state index in [0.717, 1.165) is 44.2 Å². The zero-order chi connectivity index (χ0) is 30.1. The van der Waals surface area contributed by atoms with Crippen LogP contribution in [0.5, 0.6) is 0 Å². The minimum atomic E-state index is -0.556. The van der Waals surface area contributed by atoms with E-state index in [2.05, 4.69) is 67.0 Å². The Bertz CT molecular complexity index is 1760. The van der Waals surface area contributed by atoms with Gasteiger partial charge in [-0.2, -0.15) is 0 Å². The summed E-state index contributed by atoms with van der Waals surface area (Å²) in [5.74, 6) is 1.30. The third-order valence-electron chi connectivity index (χ3n) is 6.24. The van der Waals surface area contributed by atoms with Gasteiger partial charge in [-0.15, -0.1) is 0 Å². The predicted octanol–water partition coefficient (Wildman–Crippen LogP) is 6.82. The van der Waals surface area contributed by atoms with Gasteiger partial charge in [-0.05, 0) is 87.7 Å². The van der Waals surface area contributed by atoms with Crippen LogP contribution in [-0.4, -0.2) is 43.3 Å². The number of H-pyrrole nitrogens is 2. The van der Waals surface area contributed by atoms with Crippen molar-refractivity contribution in [3.8, 4) is 22.4 Å². The van der Waals surface area contributed by atoms with Crippen LogP contribution in [0.1, 0.15) is 53.2 Å². The SMILES string of the molecule is CC(C)(C)OC(=O)NCc1ncc(-c2ccc3cc(-c4ccc5nc(CNC(=O)OC(C)(C)C)[nH]c5c4)ccc3c2)[nH]1. The molecule has 0 fully saturated rings. The molecule has 5 rings (SSSR count). The summed E-state index contributed by atoms with van der Waals surface area (Å²) in [7, 11) is 0. The molecule has 2 amide bonds. The molecule has 3 aromatic carbocycles. The maximum absolute atomic E-state index is 12.0. The van der Waals surface area contributed by atoms with E-state index in [1.165, 1.54) is 0 Å². The molecule has 0 spiro atoms. The monoisotopic (exact) mass is 568 g/mol. The quantitative estimate of drug-likeness (QED) is 0.178. The molecule has 0 radical (unpaired) electrons. The maximum atomic E-state index is 12.0. The molecule has 10 heteroatoms. The summed E-state index contributed by atoms with van der Waals surface area (Å²) in [5.41, 5.74) is 4.60. The van der Waals surface area contributed by atoms with E-state index in [9.17, 15) is 9.59 Å². The highest BCUT2D eigenvalue weighted by atomic mass is 16.6. The Morgan fingerprint density at radius 2 is 1.26 bits per heavy atom. The Morgan fingerprint density at radius 1 is 0.714 bits per heavy atom. The second-order valence-electron chi connectivity index (χ2n) is 12.1.